The van der Waals surface area contributed by atoms with Crippen LogP contribution in [0.1, 0.15) is 30.1 Å². The molecule has 0 unspecified atom stereocenters. The monoisotopic (exact) mass is 370 g/mol. The lowest BCUT2D eigenvalue weighted by atomic mass is 10.1. The molecule has 0 aliphatic carbocycles. The molecule has 4 rings (SSSR count). The van der Waals surface area contributed by atoms with Crippen molar-refractivity contribution >= 4 is 6.03 Å². The average Bonchev–Trinajstić information content (AvgIpc) is 3.38. The number of amides is 2. The Hall–Kier alpha value is -2.61. The van der Waals surface area contributed by atoms with Gasteiger partial charge in [0, 0.05) is 57.2 Å². The second-order valence-corrected chi connectivity index (χ2v) is 7.14. The molecule has 27 heavy (non-hydrogen) atoms. The first kappa shape index (κ1) is 17.8. The molecule has 2 amide bonds. The molecule has 8 nitrogen and oxygen atoms in total. The maximum Gasteiger partial charge on any atom is 0.317 e. The third-order valence-electron chi connectivity index (χ3n) is 5.27. The quantitative estimate of drug-likeness (QED) is 0.866. The van der Waals surface area contributed by atoms with Gasteiger partial charge < -0.3 is 15.0 Å². The van der Waals surface area contributed by atoms with Crippen molar-refractivity contribution in [3.63, 3.8) is 0 Å². The van der Waals surface area contributed by atoms with Crippen molar-refractivity contribution in [3.05, 3.63) is 41.9 Å². The lowest BCUT2D eigenvalue weighted by Gasteiger charge is -2.34. The first-order valence-corrected chi connectivity index (χ1v) is 9.50. The molecule has 8 heteroatoms. The largest absolute Gasteiger partial charge is 0.481 e. The molecule has 0 radical (unpaired) electrons. The van der Waals surface area contributed by atoms with Crippen molar-refractivity contribution in [2.75, 3.05) is 33.3 Å². The smallest absolute Gasteiger partial charge is 0.317 e. The molecule has 144 valence electrons. The summed E-state index contributed by atoms with van der Waals surface area (Å²) in [6.07, 6.45) is 5.77. The minimum atomic E-state index is 0.0345. The first-order valence-electron chi connectivity index (χ1n) is 9.50. The van der Waals surface area contributed by atoms with Crippen LogP contribution in [-0.2, 0) is 13.1 Å². The Bertz CT molecular complexity index is 786. The normalized spacial score (nSPS) is 19.7. The Kier molecular flexibility index (Phi) is 5.24. The molecular weight excluding hydrogens is 344 g/mol. The fourth-order valence-corrected chi connectivity index (χ4v) is 3.94. The van der Waals surface area contributed by atoms with Gasteiger partial charge in [-0.05, 0) is 25.0 Å². The summed E-state index contributed by atoms with van der Waals surface area (Å²) in [7, 11) is 1.65. The summed E-state index contributed by atoms with van der Waals surface area (Å²) >= 11 is 0. The van der Waals surface area contributed by atoms with Crippen LogP contribution in [0.2, 0.25) is 0 Å². The maximum atomic E-state index is 12.3. The van der Waals surface area contributed by atoms with Crippen LogP contribution in [0.15, 0.2) is 30.6 Å². The number of aromatic nitrogens is 3. The second kappa shape index (κ2) is 7.96. The fraction of sp³-hybridized carbons (Fsp3) is 0.526. The number of urea groups is 1. The molecule has 1 saturated heterocycles. The van der Waals surface area contributed by atoms with Gasteiger partial charge in [0.15, 0.2) is 0 Å². The minimum Gasteiger partial charge on any atom is -0.481 e. The van der Waals surface area contributed by atoms with E-state index in [2.05, 4.69) is 20.3 Å². The Labute approximate surface area is 159 Å². The molecule has 1 atom stereocenters. The van der Waals surface area contributed by atoms with Gasteiger partial charge in [-0.1, -0.05) is 6.07 Å². The Morgan fingerprint density at radius 1 is 1.30 bits per heavy atom. The van der Waals surface area contributed by atoms with Crippen LogP contribution in [0.5, 0.6) is 5.88 Å². The van der Waals surface area contributed by atoms with Gasteiger partial charge in [0.2, 0.25) is 5.88 Å². The summed E-state index contributed by atoms with van der Waals surface area (Å²) in [4.78, 5) is 20.9. The van der Waals surface area contributed by atoms with E-state index in [1.54, 1.807) is 13.3 Å². The molecule has 0 saturated carbocycles. The maximum absolute atomic E-state index is 12.3. The number of methoxy groups -OCH3 is 1. The van der Waals surface area contributed by atoms with Crippen LogP contribution in [0.25, 0.3) is 0 Å². The molecule has 4 heterocycles. The van der Waals surface area contributed by atoms with E-state index in [1.165, 1.54) is 0 Å². The predicted octanol–water partition coefficient (Wildman–Crippen LogP) is 1.65. The predicted molar refractivity (Wildman–Crippen MR) is 100 cm³/mol. The number of ether oxygens (including phenoxy) is 1. The van der Waals surface area contributed by atoms with Crippen molar-refractivity contribution in [1.82, 2.24) is 29.9 Å². The summed E-state index contributed by atoms with van der Waals surface area (Å²) in [5.74, 6) is 0.662. The summed E-state index contributed by atoms with van der Waals surface area (Å²) in [6, 6.07) is 6.16. The standard InChI is InChI=1S/C19H26N6O2/c1-27-18-15(5-4-7-20-18)12-23-13-16-6-8-22-25(16)17(14-23)11-21-19(26)24-9-2-3-10-24/h4-8,17H,2-3,9-14H2,1H3,(H,21,26)/t17-/m1/s1. The topological polar surface area (TPSA) is 75.5 Å². The number of fused-ring (bicyclic) bond motifs is 1. The van der Waals surface area contributed by atoms with Crippen molar-refractivity contribution in [2.24, 2.45) is 0 Å². The molecular formula is C19H26N6O2. The SMILES string of the molecule is COc1ncccc1CN1Cc2ccnn2[C@H](CNC(=O)N2CCCC2)C1. The third kappa shape index (κ3) is 3.90. The molecule has 2 aromatic heterocycles. The Balaban J connectivity index is 1.43. The van der Waals surface area contributed by atoms with E-state index in [1.807, 2.05) is 34.0 Å². The Morgan fingerprint density at radius 3 is 2.96 bits per heavy atom. The van der Waals surface area contributed by atoms with E-state index in [9.17, 15) is 4.79 Å². The number of carbonyl (C=O) groups is 1. The van der Waals surface area contributed by atoms with Gasteiger partial charge in [-0.2, -0.15) is 5.10 Å². The van der Waals surface area contributed by atoms with Gasteiger partial charge in [0.25, 0.3) is 0 Å². The highest BCUT2D eigenvalue weighted by Gasteiger charge is 2.27. The van der Waals surface area contributed by atoms with Gasteiger partial charge in [-0.3, -0.25) is 9.58 Å². The van der Waals surface area contributed by atoms with Crippen LogP contribution in [0.3, 0.4) is 0 Å². The van der Waals surface area contributed by atoms with Crippen molar-refractivity contribution in [3.8, 4) is 5.88 Å². The van der Waals surface area contributed by atoms with Crippen molar-refractivity contribution in [1.29, 1.82) is 0 Å². The van der Waals surface area contributed by atoms with Crippen LogP contribution >= 0.6 is 0 Å². The zero-order chi connectivity index (χ0) is 18.6. The van der Waals surface area contributed by atoms with E-state index in [4.69, 9.17) is 4.74 Å². The number of nitrogens with one attached hydrogen (secondary N) is 1. The molecule has 1 N–H and O–H groups in total. The van der Waals surface area contributed by atoms with Gasteiger partial charge in [0.05, 0.1) is 18.8 Å². The lowest BCUT2D eigenvalue weighted by molar-refractivity contribution is 0.159. The highest BCUT2D eigenvalue weighted by Crippen LogP contribution is 2.24. The van der Waals surface area contributed by atoms with Crippen molar-refractivity contribution in [2.45, 2.75) is 32.0 Å². The van der Waals surface area contributed by atoms with Gasteiger partial charge in [-0.15, -0.1) is 0 Å². The number of likely N-dealkylation sites (tertiary alicyclic amines) is 1. The first-order chi connectivity index (χ1) is 13.2. The van der Waals surface area contributed by atoms with E-state index in [0.29, 0.717) is 12.4 Å². The highest BCUT2D eigenvalue weighted by molar-refractivity contribution is 5.74. The zero-order valence-corrected chi connectivity index (χ0v) is 15.7. The van der Waals surface area contributed by atoms with Crippen LogP contribution in [0, 0.1) is 0 Å². The van der Waals surface area contributed by atoms with Crippen LogP contribution in [0.4, 0.5) is 4.79 Å². The minimum absolute atomic E-state index is 0.0345. The molecule has 0 bridgehead atoms. The van der Waals surface area contributed by atoms with Crippen molar-refractivity contribution < 1.29 is 9.53 Å². The van der Waals surface area contributed by atoms with E-state index in [0.717, 1.165) is 56.8 Å². The lowest BCUT2D eigenvalue weighted by Crippen LogP contribution is -2.45. The van der Waals surface area contributed by atoms with Crippen LogP contribution < -0.4 is 10.1 Å². The molecule has 2 aliphatic heterocycles. The second-order valence-electron chi connectivity index (χ2n) is 7.14. The van der Waals surface area contributed by atoms with E-state index < -0.39 is 0 Å². The number of pyridine rings is 1. The number of hydrogen-bond donors (Lipinski definition) is 1. The summed E-state index contributed by atoms with van der Waals surface area (Å²) in [5.41, 5.74) is 2.22. The molecule has 0 spiro atoms. The van der Waals surface area contributed by atoms with E-state index in [-0.39, 0.29) is 12.1 Å². The summed E-state index contributed by atoms with van der Waals surface area (Å²) < 4.78 is 7.43. The molecule has 2 aliphatic rings. The average molecular weight is 370 g/mol. The van der Waals surface area contributed by atoms with Gasteiger partial charge in [0.1, 0.15) is 0 Å². The number of carbonyl (C=O) groups excluding carboxylic acids is 1. The Morgan fingerprint density at radius 2 is 2.15 bits per heavy atom. The molecule has 0 aromatic carbocycles. The summed E-state index contributed by atoms with van der Waals surface area (Å²) in [6.45, 7) is 4.66. The molecule has 2 aromatic rings. The van der Waals surface area contributed by atoms with E-state index >= 15 is 0 Å². The van der Waals surface area contributed by atoms with Gasteiger partial charge in [-0.25, -0.2) is 9.78 Å². The third-order valence-corrected chi connectivity index (χ3v) is 5.27. The van der Waals surface area contributed by atoms with Gasteiger partial charge >= 0.3 is 6.03 Å². The number of rotatable bonds is 5. The highest BCUT2D eigenvalue weighted by atomic mass is 16.5. The fourth-order valence-electron chi connectivity index (χ4n) is 3.94. The number of hydrogen-bond acceptors (Lipinski definition) is 5. The van der Waals surface area contributed by atoms with Crippen LogP contribution in [-0.4, -0.2) is 63.9 Å². The molecule has 1 fully saturated rings. The zero-order valence-electron chi connectivity index (χ0n) is 15.7. The summed E-state index contributed by atoms with van der Waals surface area (Å²) in [5, 5.41) is 7.57. The number of nitrogens with zero attached hydrogens (tertiary/aromatic N) is 5.